The molecule has 0 amide bonds. The standard InChI is InChI=1S/C15H21F3N2/c1-20(2)14-6-4-3-5-13(14)19-12-9-7-11(8-10-12)15(16,17)18/h3-6,11-12,19H,7-10H2,1-2H3. The first-order valence-corrected chi connectivity index (χ1v) is 6.97. The van der Waals surface area contributed by atoms with Crippen molar-refractivity contribution < 1.29 is 13.2 Å². The van der Waals surface area contributed by atoms with E-state index in [0.717, 1.165) is 11.4 Å². The molecule has 1 aromatic carbocycles. The number of benzene rings is 1. The number of hydrogen-bond donors (Lipinski definition) is 1. The molecule has 1 N–H and O–H groups in total. The number of para-hydroxylation sites is 2. The van der Waals surface area contributed by atoms with Gasteiger partial charge in [0.15, 0.2) is 0 Å². The number of hydrogen-bond acceptors (Lipinski definition) is 2. The SMILES string of the molecule is CN(C)c1ccccc1NC1CCC(C(F)(F)F)CC1. The summed E-state index contributed by atoms with van der Waals surface area (Å²) < 4.78 is 37.9. The first-order chi connectivity index (χ1) is 9.38. The van der Waals surface area contributed by atoms with Crippen molar-refractivity contribution in [3.05, 3.63) is 24.3 Å². The van der Waals surface area contributed by atoms with Gasteiger partial charge in [-0.15, -0.1) is 0 Å². The fourth-order valence-electron chi connectivity index (χ4n) is 2.77. The van der Waals surface area contributed by atoms with Crippen LogP contribution in [0.4, 0.5) is 24.5 Å². The van der Waals surface area contributed by atoms with Crippen molar-refractivity contribution in [1.29, 1.82) is 0 Å². The van der Waals surface area contributed by atoms with Crippen LogP contribution in [-0.2, 0) is 0 Å². The van der Waals surface area contributed by atoms with Gasteiger partial charge < -0.3 is 10.2 Å². The van der Waals surface area contributed by atoms with Crippen molar-refractivity contribution in [2.45, 2.75) is 37.9 Å². The number of rotatable bonds is 3. The molecule has 0 radical (unpaired) electrons. The maximum absolute atomic E-state index is 12.6. The Morgan fingerprint density at radius 3 is 2.20 bits per heavy atom. The Bertz CT molecular complexity index is 435. The van der Waals surface area contributed by atoms with Crippen LogP contribution in [0.3, 0.4) is 0 Å². The average molecular weight is 286 g/mol. The summed E-state index contributed by atoms with van der Waals surface area (Å²) in [6, 6.07) is 8.02. The smallest absolute Gasteiger partial charge is 0.381 e. The molecule has 1 saturated carbocycles. The van der Waals surface area contributed by atoms with E-state index in [0.29, 0.717) is 12.8 Å². The van der Waals surface area contributed by atoms with Gasteiger partial charge >= 0.3 is 6.18 Å². The van der Waals surface area contributed by atoms with Crippen molar-refractivity contribution in [1.82, 2.24) is 0 Å². The molecule has 0 bridgehead atoms. The van der Waals surface area contributed by atoms with E-state index in [1.807, 2.05) is 43.3 Å². The molecule has 2 nitrogen and oxygen atoms in total. The van der Waals surface area contributed by atoms with E-state index >= 15 is 0 Å². The minimum Gasteiger partial charge on any atom is -0.381 e. The number of alkyl halides is 3. The van der Waals surface area contributed by atoms with Gasteiger partial charge in [0.05, 0.1) is 17.3 Å². The Hall–Kier alpha value is -1.39. The highest BCUT2D eigenvalue weighted by Crippen LogP contribution is 2.38. The van der Waals surface area contributed by atoms with Gasteiger partial charge in [0.25, 0.3) is 0 Å². The second-order valence-electron chi connectivity index (χ2n) is 5.65. The molecule has 0 atom stereocenters. The predicted octanol–water partition coefficient (Wildman–Crippen LogP) is 4.29. The van der Waals surface area contributed by atoms with E-state index in [9.17, 15) is 13.2 Å². The molecule has 0 heterocycles. The summed E-state index contributed by atoms with van der Waals surface area (Å²) in [5, 5.41) is 3.39. The lowest BCUT2D eigenvalue weighted by Gasteiger charge is -2.31. The zero-order valence-electron chi connectivity index (χ0n) is 11.9. The molecule has 5 heteroatoms. The van der Waals surface area contributed by atoms with E-state index in [2.05, 4.69) is 5.32 Å². The van der Waals surface area contributed by atoms with E-state index in [1.54, 1.807) is 0 Å². The molecule has 1 aliphatic rings. The maximum Gasteiger partial charge on any atom is 0.391 e. The minimum atomic E-state index is -4.04. The fourth-order valence-corrected chi connectivity index (χ4v) is 2.77. The van der Waals surface area contributed by atoms with Crippen LogP contribution in [0, 0.1) is 5.92 Å². The molecule has 1 fully saturated rings. The van der Waals surface area contributed by atoms with Crippen LogP contribution in [0.5, 0.6) is 0 Å². The molecule has 20 heavy (non-hydrogen) atoms. The topological polar surface area (TPSA) is 15.3 Å². The van der Waals surface area contributed by atoms with Crippen molar-refractivity contribution in [3.63, 3.8) is 0 Å². The Morgan fingerprint density at radius 2 is 1.65 bits per heavy atom. The van der Waals surface area contributed by atoms with E-state index < -0.39 is 12.1 Å². The first kappa shape index (κ1) is 15.0. The lowest BCUT2D eigenvalue weighted by Crippen LogP contribution is -2.33. The van der Waals surface area contributed by atoms with Gasteiger partial charge in [0.1, 0.15) is 0 Å². The van der Waals surface area contributed by atoms with Crippen molar-refractivity contribution in [2.75, 3.05) is 24.3 Å². The summed E-state index contributed by atoms with van der Waals surface area (Å²) in [6.45, 7) is 0. The normalized spacial score (nSPS) is 23.4. The van der Waals surface area contributed by atoms with Gasteiger partial charge in [-0.05, 0) is 37.8 Å². The van der Waals surface area contributed by atoms with Crippen LogP contribution in [0.1, 0.15) is 25.7 Å². The highest BCUT2D eigenvalue weighted by atomic mass is 19.4. The molecule has 2 rings (SSSR count). The third kappa shape index (κ3) is 3.58. The van der Waals surface area contributed by atoms with E-state index in [4.69, 9.17) is 0 Å². The van der Waals surface area contributed by atoms with Crippen LogP contribution < -0.4 is 10.2 Å². The van der Waals surface area contributed by atoms with Gasteiger partial charge in [0, 0.05) is 20.1 Å². The summed E-state index contributed by atoms with van der Waals surface area (Å²) in [6.07, 6.45) is -2.43. The Balaban J connectivity index is 1.96. The zero-order valence-corrected chi connectivity index (χ0v) is 11.9. The van der Waals surface area contributed by atoms with Crippen molar-refractivity contribution in [2.24, 2.45) is 5.92 Å². The second-order valence-corrected chi connectivity index (χ2v) is 5.65. The van der Waals surface area contributed by atoms with Crippen LogP contribution in [-0.4, -0.2) is 26.3 Å². The molecule has 0 aromatic heterocycles. The number of halogens is 3. The monoisotopic (exact) mass is 286 g/mol. The second kappa shape index (κ2) is 5.94. The average Bonchev–Trinajstić information content (AvgIpc) is 2.38. The minimum absolute atomic E-state index is 0.134. The molecule has 0 spiro atoms. The Morgan fingerprint density at radius 1 is 1.05 bits per heavy atom. The van der Waals surface area contributed by atoms with Gasteiger partial charge in [-0.1, -0.05) is 12.1 Å². The van der Waals surface area contributed by atoms with Crippen LogP contribution in [0.2, 0.25) is 0 Å². The number of nitrogens with one attached hydrogen (secondary N) is 1. The third-order valence-electron chi connectivity index (χ3n) is 3.94. The summed E-state index contributed by atoms with van der Waals surface area (Å²) >= 11 is 0. The van der Waals surface area contributed by atoms with Gasteiger partial charge in [-0.3, -0.25) is 0 Å². The van der Waals surface area contributed by atoms with Gasteiger partial charge in [-0.2, -0.15) is 13.2 Å². The highest BCUT2D eigenvalue weighted by molar-refractivity contribution is 5.69. The summed E-state index contributed by atoms with van der Waals surface area (Å²) in [7, 11) is 3.92. The first-order valence-electron chi connectivity index (χ1n) is 6.97. The fraction of sp³-hybridized carbons (Fsp3) is 0.600. The van der Waals surface area contributed by atoms with Crippen LogP contribution in [0.25, 0.3) is 0 Å². The van der Waals surface area contributed by atoms with Gasteiger partial charge in [-0.25, -0.2) is 0 Å². The molecular weight excluding hydrogens is 265 g/mol. The molecule has 1 aliphatic carbocycles. The third-order valence-corrected chi connectivity index (χ3v) is 3.94. The lowest BCUT2D eigenvalue weighted by molar-refractivity contribution is -0.182. The van der Waals surface area contributed by atoms with Crippen LogP contribution >= 0.6 is 0 Å². The lowest BCUT2D eigenvalue weighted by atomic mass is 9.85. The Kier molecular flexibility index (Phi) is 4.45. The summed E-state index contributed by atoms with van der Waals surface area (Å²) in [5.41, 5.74) is 2.05. The molecule has 0 unspecified atom stereocenters. The highest BCUT2D eigenvalue weighted by Gasteiger charge is 2.41. The van der Waals surface area contributed by atoms with E-state index in [-0.39, 0.29) is 18.9 Å². The number of nitrogens with zero attached hydrogens (tertiary/aromatic N) is 1. The zero-order chi connectivity index (χ0) is 14.8. The summed E-state index contributed by atoms with van der Waals surface area (Å²) in [4.78, 5) is 2.00. The summed E-state index contributed by atoms with van der Waals surface area (Å²) in [5.74, 6) is -1.12. The van der Waals surface area contributed by atoms with E-state index in [1.165, 1.54) is 0 Å². The van der Waals surface area contributed by atoms with Gasteiger partial charge in [0.2, 0.25) is 0 Å². The largest absolute Gasteiger partial charge is 0.391 e. The van der Waals surface area contributed by atoms with Crippen molar-refractivity contribution in [3.8, 4) is 0 Å². The van der Waals surface area contributed by atoms with Crippen molar-refractivity contribution >= 4 is 11.4 Å². The predicted molar refractivity (Wildman–Crippen MR) is 76.2 cm³/mol. The molecule has 1 aromatic rings. The van der Waals surface area contributed by atoms with Crippen LogP contribution in [0.15, 0.2) is 24.3 Å². The molecule has 0 saturated heterocycles. The quantitative estimate of drug-likeness (QED) is 0.892. The number of anilines is 2. The molecule has 112 valence electrons. The maximum atomic E-state index is 12.6. The molecular formula is C15H21F3N2. The molecule has 0 aliphatic heterocycles. The Labute approximate surface area is 118 Å².